The van der Waals surface area contributed by atoms with Gasteiger partial charge in [-0.2, -0.15) is 5.10 Å². The quantitative estimate of drug-likeness (QED) is 0.814. The molecule has 2 rings (SSSR count). The number of hydrogen-bond acceptors (Lipinski definition) is 4. The van der Waals surface area contributed by atoms with Crippen molar-refractivity contribution in [2.45, 2.75) is 51.6 Å². The third-order valence-corrected chi connectivity index (χ3v) is 5.69. The molecule has 7 heteroatoms. The van der Waals surface area contributed by atoms with E-state index in [9.17, 15) is 8.42 Å². The Morgan fingerprint density at radius 3 is 2.50 bits per heavy atom. The van der Waals surface area contributed by atoms with E-state index in [-0.39, 0.29) is 11.5 Å². The average molecular weight is 300 g/mol. The molecule has 1 fully saturated rings. The van der Waals surface area contributed by atoms with Crippen LogP contribution in [-0.4, -0.2) is 37.8 Å². The zero-order chi connectivity index (χ0) is 15.1. The molecule has 1 aromatic heterocycles. The molecule has 0 radical (unpaired) electrons. The Labute approximate surface area is 121 Å². The minimum absolute atomic E-state index is 0.0342. The van der Waals surface area contributed by atoms with E-state index in [1.165, 1.54) is 0 Å². The van der Waals surface area contributed by atoms with Gasteiger partial charge in [-0.1, -0.05) is 13.8 Å². The first kappa shape index (κ1) is 15.5. The standard InChI is InChI=1S/C13H24N4O2S/c1-9-12(10(2)17(15-9)7-6-14-5)20(18,19)16-11-8-13(11,3)4/h11,14,16H,6-8H2,1-5H3. The van der Waals surface area contributed by atoms with Crippen LogP contribution in [0, 0.1) is 19.3 Å². The molecule has 114 valence electrons. The Balaban J connectivity index is 2.25. The van der Waals surface area contributed by atoms with E-state index in [4.69, 9.17) is 0 Å². The third kappa shape index (κ3) is 2.89. The first-order valence-electron chi connectivity index (χ1n) is 6.90. The lowest BCUT2D eigenvalue weighted by Crippen LogP contribution is -2.29. The predicted octanol–water partition coefficient (Wildman–Crippen LogP) is 0.796. The van der Waals surface area contributed by atoms with Crippen LogP contribution in [0.1, 0.15) is 31.7 Å². The normalized spacial score (nSPS) is 21.1. The van der Waals surface area contributed by atoms with Gasteiger partial charge < -0.3 is 5.32 Å². The van der Waals surface area contributed by atoms with Crippen molar-refractivity contribution in [1.29, 1.82) is 0 Å². The van der Waals surface area contributed by atoms with Gasteiger partial charge in [0.1, 0.15) is 4.90 Å². The van der Waals surface area contributed by atoms with Gasteiger partial charge in [0.05, 0.1) is 17.9 Å². The number of hydrogen-bond donors (Lipinski definition) is 2. The van der Waals surface area contributed by atoms with Crippen molar-refractivity contribution in [2.24, 2.45) is 5.41 Å². The lowest BCUT2D eigenvalue weighted by Gasteiger charge is -2.09. The molecule has 1 unspecified atom stereocenters. The number of sulfonamides is 1. The molecular weight excluding hydrogens is 276 g/mol. The Kier molecular flexibility index (Phi) is 3.96. The zero-order valence-electron chi connectivity index (χ0n) is 12.8. The third-order valence-electron chi connectivity index (χ3n) is 3.97. The van der Waals surface area contributed by atoms with E-state index in [1.54, 1.807) is 11.6 Å². The van der Waals surface area contributed by atoms with Crippen molar-refractivity contribution in [1.82, 2.24) is 19.8 Å². The summed E-state index contributed by atoms with van der Waals surface area (Å²) in [5, 5.41) is 7.37. The lowest BCUT2D eigenvalue weighted by atomic mass is 10.2. The average Bonchev–Trinajstić information content (AvgIpc) is 2.77. The van der Waals surface area contributed by atoms with Gasteiger partial charge >= 0.3 is 0 Å². The highest BCUT2D eigenvalue weighted by Crippen LogP contribution is 2.45. The van der Waals surface area contributed by atoms with Crippen molar-refractivity contribution in [3.63, 3.8) is 0 Å². The summed E-state index contributed by atoms with van der Waals surface area (Å²) in [6.45, 7) is 9.10. The Morgan fingerprint density at radius 1 is 1.40 bits per heavy atom. The van der Waals surface area contributed by atoms with Crippen LogP contribution in [-0.2, 0) is 16.6 Å². The number of nitrogens with one attached hydrogen (secondary N) is 2. The molecule has 0 aromatic carbocycles. The molecule has 0 saturated heterocycles. The second-order valence-electron chi connectivity index (χ2n) is 6.19. The number of nitrogens with zero attached hydrogens (tertiary/aromatic N) is 2. The summed E-state index contributed by atoms with van der Waals surface area (Å²) in [7, 11) is -1.63. The number of likely N-dealkylation sites (N-methyl/N-ethyl adjacent to an activating group) is 1. The SMILES string of the molecule is CNCCn1nc(C)c(S(=O)(=O)NC2CC2(C)C)c1C. The Hall–Kier alpha value is -0.920. The van der Waals surface area contributed by atoms with E-state index >= 15 is 0 Å². The summed E-state index contributed by atoms with van der Waals surface area (Å²) in [5.74, 6) is 0. The highest BCUT2D eigenvalue weighted by atomic mass is 32.2. The monoisotopic (exact) mass is 300 g/mol. The van der Waals surface area contributed by atoms with Crippen molar-refractivity contribution in [3.8, 4) is 0 Å². The molecule has 0 spiro atoms. The molecule has 1 aliphatic carbocycles. The zero-order valence-corrected chi connectivity index (χ0v) is 13.6. The van der Waals surface area contributed by atoms with Crippen LogP contribution in [0.25, 0.3) is 0 Å². The second kappa shape index (κ2) is 5.13. The topological polar surface area (TPSA) is 76.0 Å². The van der Waals surface area contributed by atoms with Gasteiger partial charge in [0.15, 0.2) is 0 Å². The second-order valence-corrected chi connectivity index (χ2v) is 7.84. The summed E-state index contributed by atoms with van der Waals surface area (Å²) in [5.41, 5.74) is 1.32. The van der Waals surface area contributed by atoms with Crippen LogP contribution in [0.3, 0.4) is 0 Å². The van der Waals surface area contributed by atoms with Crippen LogP contribution >= 0.6 is 0 Å². The smallest absolute Gasteiger partial charge is 0.244 e. The lowest BCUT2D eigenvalue weighted by molar-refractivity contribution is 0.551. The summed E-state index contributed by atoms with van der Waals surface area (Å²) in [6.07, 6.45) is 0.887. The molecule has 0 aliphatic heterocycles. The van der Waals surface area contributed by atoms with Gasteiger partial charge in [-0.3, -0.25) is 4.68 Å². The summed E-state index contributed by atoms with van der Waals surface area (Å²) >= 11 is 0. The molecule has 1 saturated carbocycles. The maximum absolute atomic E-state index is 12.5. The van der Waals surface area contributed by atoms with Gasteiger partial charge in [0.25, 0.3) is 0 Å². The molecule has 1 heterocycles. The fourth-order valence-electron chi connectivity index (χ4n) is 2.42. The number of rotatable bonds is 6. The van der Waals surface area contributed by atoms with Crippen molar-refractivity contribution in [3.05, 3.63) is 11.4 Å². The minimum Gasteiger partial charge on any atom is -0.318 e. The predicted molar refractivity (Wildman–Crippen MR) is 78.1 cm³/mol. The molecule has 20 heavy (non-hydrogen) atoms. The Morgan fingerprint density at radius 2 is 2.00 bits per heavy atom. The van der Waals surface area contributed by atoms with Gasteiger partial charge in [-0.05, 0) is 32.7 Å². The summed E-state index contributed by atoms with van der Waals surface area (Å²) < 4.78 is 29.6. The van der Waals surface area contributed by atoms with Gasteiger partial charge in [0.2, 0.25) is 10.0 Å². The molecule has 1 atom stereocenters. The van der Waals surface area contributed by atoms with Crippen LogP contribution < -0.4 is 10.0 Å². The maximum Gasteiger partial charge on any atom is 0.244 e. The van der Waals surface area contributed by atoms with Crippen LogP contribution in [0.15, 0.2) is 4.90 Å². The van der Waals surface area contributed by atoms with Crippen LogP contribution in [0.4, 0.5) is 0 Å². The number of aryl methyl sites for hydroxylation is 1. The Bertz CT molecular complexity index is 604. The molecular formula is C13H24N4O2S. The van der Waals surface area contributed by atoms with E-state index < -0.39 is 10.0 Å². The highest BCUT2D eigenvalue weighted by molar-refractivity contribution is 7.89. The van der Waals surface area contributed by atoms with E-state index in [0.29, 0.717) is 22.8 Å². The van der Waals surface area contributed by atoms with Crippen molar-refractivity contribution >= 4 is 10.0 Å². The van der Waals surface area contributed by atoms with Gasteiger partial charge in [0, 0.05) is 12.6 Å². The number of aromatic nitrogens is 2. The fourth-order valence-corrected chi connectivity index (χ4v) is 4.24. The maximum atomic E-state index is 12.5. The fraction of sp³-hybridized carbons (Fsp3) is 0.769. The molecule has 2 N–H and O–H groups in total. The summed E-state index contributed by atoms with van der Waals surface area (Å²) in [4.78, 5) is 0.330. The van der Waals surface area contributed by atoms with Crippen LogP contribution in [0.2, 0.25) is 0 Å². The first-order valence-corrected chi connectivity index (χ1v) is 8.38. The van der Waals surface area contributed by atoms with Crippen LogP contribution in [0.5, 0.6) is 0 Å². The first-order chi connectivity index (χ1) is 9.19. The van der Waals surface area contributed by atoms with E-state index in [0.717, 1.165) is 13.0 Å². The van der Waals surface area contributed by atoms with E-state index in [1.807, 2.05) is 14.0 Å². The molecule has 1 aromatic rings. The summed E-state index contributed by atoms with van der Waals surface area (Å²) in [6, 6.07) is 0.0342. The van der Waals surface area contributed by atoms with Gasteiger partial charge in [-0.25, -0.2) is 13.1 Å². The molecule has 0 bridgehead atoms. The molecule has 6 nitrogen and oxygen atoms in total. The van der Waals surface area contributed by atoms with Gasteiger partial charge in [-0.15, -0.1) is 0 Å². The minimum atomic E-state index is -3.49. The van der Waals surface area contributed by atoms with Crippen molar-refractivity contribution < 1.29 is 8.42 Å². The van der Waals surface area contributed by atoms with Crippen molar-refractivity contribution in [2.75, 3.05) is 13.6 Å². The molecule has 1 aliphatic rings. The molecule has 0 amide bonds. The largest absolute Gasteiger partial charge is 0.318 e. The van der Waals surface area contributed by atoms with E-state index in [2.05, 4.69) is 29.0 Å². The highest BCUT2D eigenvalue weighted by Gasteiger charge is 2.48.